The number of morpholine rings is 1. The van der Waals surface area contributed by atoms with E-state index in [4.69, 9.17) is 14.2 Å². The van der Waals surface area contributed by atoms with Gasteiger partial charge in [0.2, 0.25) is 0 Å². The molecule has 0 unspecified atom stereocenters. The van der Waals surface area contributed by atoms with Gasteiger partial charge in [0.1, 0.15) is 23.2 Å². The van der Waals surface area contributed by atoms with Crippen LogP contribution in [-0.4, -0.2) is 40.6 Å². The Morgan fingerprint density at radius 3 is 2.74 bits per heavy atom. The highest BCUT2D eigenvalue weighted by molar-refractivity contribution is 5.96. The summed E-state index contributed by atoms with van der Waals surface area (Å²) in [4.78, 5) is 19.8. The van der Waals surface area contributed by atoms with Gasteiger partial charge in [-0.05, 0) is 42.7 Å². The Hall–Kier alpha value is -3.06. The smallest absolute Gasteiger partial charge is 0.259 e. The molecule has 0 aliphatic carbocycles. The van der Waals surface area contributed by atoms with Crippen LogP contribution in [-0.2, 0) is 11.2 Å². The predicted octanol–water partition coefficient (Wildman–Crippen LogP) is 4.45. The number of carbonyl (C=O) groups excluding carboxylic acids is 1. The maximum Gasteiger partial charge on any atom is 0.259 e. The van der Waals surface area contributed by atoms with Crippen LogP contribution in [0.5, 0.6) is 0 Å². The van der Waals surface area contributed by atoms with E-state index in [1.54, 1.807) is 24.0 Å². The van der Waals surface area contributed by atoms with Gasteiger partial charge in [0.05, 0.1) is 24.5 Å². The average Bonchev–Trinajstić information content (AvgIpc) is 3.17. The quantitative estimate of drug-likeness (QED) is 0.607. The van der Waals surface area contributed by atoms with Crippen molar-refractivity contribution < 1.29 is 18.4 Å². The van der Waals surface area contributed by atoms with Crippen molar-refractivity contribution in [1.82, 2.24) is 15.0 Å². The van der Waals surface area contributed by atoms with Crippen LogP contribution in [0, 0.1) is 12.7 Å². The van der Waals surface area contributed by atoms with Gasteiger partial charge >= 0.3 is 0 Å². The first-order chi connectivity index (χ1) is 14.9. The van der Waals surface area contributed by atoms with Crippen LogP contribution < -0.4 is 0 Å². The van der Waals surface area contributed by atoms with Crippen molar-refractivity contribution in [2.75, 3.05) is 19.7 Å². The van der Waals surface area contributed by atoms with E-state index in [2.05, 4.69) is 5.16 Å². The highest BCUT2D eigenvalue weighted by Gasteiger charge is 2.31. The normalized spacial score (nSPS) is 16.7. The van der Waals surface area contributed by atoms with Crippen LogP contribution in [0.4, 0.5) is 4.39 Å². The SMILES string of the molecule is Cc1onc(C(C)C)c1C(=O)N1CCO[C@H](c2cccc(Cc3ccc(F)cc3)n2)C1. The third kappa shape index (κ3) is 4.66. The van der Waals surface area contributed by atoms with Crippen LogP contribution in [0.1, 0.15) is 64.6 Å². The van der Waals surface area contributed by atoms with Gasteiger partial charge in [-0.1, -0.05) is 37.2 Å². The number of aryl methyl sites for hydroxylation is 1. The maximum absolute atomic E-state index is 13.2. The molecule has 1 amide bonds. The van der Waals surface area contributed by atoms with Gasteiger partial charge in [0, 0.05) is 18.7 Å². The number of ether oxygens (including phenoxy) is 1. The number of hydrogen-bond acceptors (Lipinski definition) is 5. The molecule has 7 heteroatoms. The molecule has 0 spiro atoms. The lowest BCUT2D eigenvalue weighted by Gasteiger charge is -2.33. The standard InChI is InChI=1S/C24H26FN3O3/c1-15(2)23-22(16(3)31-27-23)24(29)28-11-12-30-21(14-28)20-6-4-5-19(26-20)13-17-7-9-18(25)10-8-17/h4-10,15,21H,11-14H2,1-3H3/t21-/m0/s1. The van der Waals surface area contributed by atoms with Gasteiger partial charge in [-0.25, -0.2) is 4.39 Å². The van der Waals surface area contributed by atoms with Crippen LogP contribution >= 0.6 is 0 Å². The molecule has 162 valence electrons. The lowest BCUT2D eigenvalue weighted by atomic mass is 10.0. The largest absolute Gasteiger partial charge is 0.368 e. The molecule has 1 fully saturated rings. The molecule has 1 aliphatic heterocycles. The van der Waals surface area contributed by atoms with Gasteiger partial charge in [0.25, 0.3) is 5.91 Å². The molecular weight excluding hydrogens is 397 g/mol. The zero-order chi connectivity index (χ0) is 22.0. The fraction of sp³-hybridized carbons (Fsp3) is 0.375. The summed E-state index contributed by atoms with van der Waals surface area (Å²) in [6.45, 7) is 7.10. The second-order valence-electron chi connectivity index (χ2n) is 8.12. The lowest BCUT2D eigenvalue weighted by molar-refractivity contribution is -0.0248. The highest BCUT2D eigenvalue weighted by Crippen LogP contribution is 2.27. The minimum Gasteiger partial charge on any atom is -0.368 e. The van der Waals surface area contributed by atoms with Gasteiger partial charge in [0.15, 0.2) is 0 Å². The van der Waals surface area contributed by atoms with Crippen molar-refractivity contribution in [3.8, 4) is 0 Å². The number of halogens is 1. The number of aromatic nitrogens is 2. The maximum atomic E-state index is 13.2. The topological polar surface area (TPSA) is 68.5 Å². The predicted molar refractivity (Wildman–Crippen MR) is 113 cm³/mol. The monoisotopic (exact) mass is 423 g/mol. The number of pyridine rings is 1. The molecule has 4 rings (SSSR count). The fourth-order valence-electron chi connectivity index (χ4n) is 3.80. The minimum atomic E-state index is -0.312. The summed E-state index contributed by atoms with van der Waals surface area (Å²) < 4.78 is 24.4. The molecule has 1 atom stereocenters. The van der Waals surface area contributed by atoms with E-state index < -0.39 is 0 Å². The number of hydrogen-bond donors (Lipinski definition) is 0. The third-order valence-electron chi connectivity index (χ3n) is 5.46. The van der Waals surface area contributed by atoms with E-state index in [1.165, 1.54) is 12.1 Å². The summed E-state index contributed by atoms with van der Waals surface area (Å²) >= 11 is 0. The minimum absolute atomic E-state index is 0.0850. The third-order valence-corrected chi connectivity index (χ3v) is 5.46. The van der Waals surface area contributed by atoms with Gasteiger partial charge in [-0.3, -0.25) is 9.78 Å². The van der Waals surface area contributed by atoms with E-state index in [0.29, 0.717) is 43.1 Å². The summed E-state index contributed by atoms with van der Waals surface area (Å²) in [6, 6.07) is 12.2. The highest BCUT2D eigenvalue weighted by atomic mass is 19.1. The molecule has 31 heavy (non-hydrogen) atoms. The lowest BCUT2D eigenvalue weighted by Crippen LogP contribution is -2.43. The van der Waals surface area contributed by atoms with E-state index in [0.717, 1.165) is 17.0 Å². The molecule has 0 bridgehead atoms. The molecule has 6 nitrogen and oxygen atoms in total. The number of nitrogens with zero attached hydrogens (tertiary/aromatic N) is 3. The van der Waals surface area contributed by atoms with E-state index in [1.807, 2.05) is 32.0 Å². The Balaban J connectivity index is 1.50. The molecule has 2 aromatic heterocycles. The van der Waals surface area contributed by atoms with Crippen LogP contribution in [0.3, 0.4) is 0 Å². The summed E-state index contributed by atoms with van der Waals surface area (Å²) in [5.74, 6) is 0.293. The Kier molecular flexibility index (Phi) is 6.13. The second-order valence-corrected chi connectivity index (χ2v) is 8.12. The van der Waals surface area contributed by atoms with Gasteiger partial charge in [-0.15, -0.1) is 0 Å². The zero-order valence-corrected chi connectivity index (χ0v) is 18.0. The van der Waals surface area contributed by atoms with Crippen LogP contribution in [0.2, 0.25) is 0 Å². The summed E-state index contributed by atoms with van der Waals surface area (Å²) in [5.41, 5.74) is 3.87. The molecule has 0 saturated carbocycles. The first kappa shape index (κ1) is 21.2. The Bertz CT molecular complexity index is 1060. The summed E-state index contributed by atoms with van der Waals surface area (Å²) in [7, 11) is 0. The van der Waals surface area contributed by atoms with Crippen molar-refractivity contribution in [3.63, 3.8) is 0 Å². The van der Waals surface area contributed by atoms with E-state index in [-0.39, 0.29) is 23.7 Å². The van der Waals surface area contributed by atoms with Crippen LogP contribution in [0.15, 0.2) is 47.0 Å². The van der Waals surface area contributed by atoms with E-state index in [9.17, 15) is 9.18 Å². The Morgan fingerprint density at radius 1 is 1.23 bits per heavy atom. The molecule has 0 N–H and O–H groups in total. The number of amides is 1. The Labute approximate surface area is 181 Å². The molecule has 0 radical (unpaired) electrons. The van der Waals surface area contributed by atoms with Crippen molar-refractivity contribution in [1.29, 1.82) is 0 Å². The summed E-state index contributed by atoms with van der Waals surface area (Å²) in [6.07, 6.45) is 0.287. The zero-order valence-electron chi connectivity index (χ0n) is 18.0. The molecular formula is C24H26FN3O3. The van der Waals surface area contributed by atoms with Crippen molar-refractivity contribution in [3.05, 3.63) is 82.3 Å². The first-order valence-corrected chi connectivity index (χ1v) is 10.5. The fourth-order valence-corrected chi connectivity index (χ4v) is 3.80. The van der Waals surface area contributed by atoms with Crippen molar-refractivity contribution in [2.45, 2.75) is 39.2 Å². The van der Waals surface area contributed by atoms with Crippen molar-refractivity contribution in [2.24, 2.45) is 0 Å². The summed E-state index contributed by atoms with van der Waals surface area (Å²) in [5, 5.41) is 4.08. The number of rotatable bonds is 5. The Morgan fingerprint density at radius 2 is 2.00 bits per heavy atom. The molecule has 1 saturated heterocycles. The molecule has 3 heterocycles. The molecule has 1 aromatic carbocycles. The number of carbonyl (C=O) groups is 1. The molecule has 3 aromatic rings. The van der Waals surface area contributed by atoms with Crippen LogP contribution in [0.25, 0.3) is 0 Å². The van der Waals surface area contributed by atoms with Gasteiger partial charge in [-0.2, -0.15) is 0 Å². The average molecular weight is 423 g/mol. The van der Waals surface area contributed by atoms with E-state index >= 15 is 0 Å². The first-order valence-electron chi connectivity index (χ1n) is 10.5. The van der Waals surface area contributed by atoms with Crippen molar-refractivity contribution >= 4 is 5.91 Å². The molecule has 1 aliphatic rings. The second kappa shape index (κ2) is 8.98. The number of benzene rings is 1. The van der Waals surface area contributed by atoms with Gasteiger partial charge < -0.3 is 14.2 Å².